The van der Waals surface area contributed by atoms with Crippen LogP contribution in [0.1, 0.15) is 12.5 Å². The van der Waals surface area contributed by atoms with Gasteiger partial charge in [0.2, 0.25) is 0 Å². The predicted octanol–water partition coefficient (Wildman–Crippen LogP) is 3.08. The maximum absolute atomic E-state index is 5.93. The second kappa shape index (κ2) is 6.67. The third-order valence-corrected chi connectivity index (χ3v) is 2.60. The van der Waals surface area contributed by atoms with Crippen LogP contribution >= 0.6 is 27.5 Å². The summed E-state index contributed by atoms with van der Waals surface area (Å²) in [6.07, 6.45) is 0. The van der Waals surface area contributed by atoms with E-state index < -0.39 is 0 Å². The van der Waals surface area contributed by atoms with Crippen LogP contribution in [0, 0.1) is 0 Å². The van der Waals surface area contributed by atoms with Crippen LogP contribution in [0.3, 0.4) is 0 Å². The first kappa shape index (κ1) is 14.1. The lowest BCUT2D eigenvalue weighted by Crippen LogP contribution is -2.32. The maximum Gasteiger partial charge on any atom is 0.189 e. The molecule has 0 aliphatic rings. The van der Waals surface area contributed by atoms with Crippen molar-refractivity contribution in [3.8, 4) is 0 Å². The normalized spacial score (nSPS) is 11.4. The van der Waals surface area contributed by atoms with Gasteiger partial charge in [-0.25, -0.2) is 4.99 Å². The second-order valence-corrected chi connectivity index (χ2v) is 5.14. The molecule has 92 valence electrons. The van der Waals surface area contributed by atoms with Crippen LogP contribution in [0.25, 0.3) is 0 Å². The number of nitrogens with zero attached hydrogens (tertiary/aromatic N) is 1. The number of aliphatic imine (C=N–C) groups is 1. The predicted molar refractivity (Wildman–Crippen MR) is 77.3 cm³/mol. The Morgan fingerprint density at radius 3 is 2.82 bits per heavy atom. The number of hydrogen-bond donors (Lipinski definition) is 2. The minimum Gasteiger partial charge on any atom is -0.370 e. The van der Waals surface area contributed by atoms with Crippen molar-refractivity contribution in [1.82, 2.24) is 5.32 Å². The lowest BCUT2D eigenvalue weighted by Gasteiger charge is -2.05. The Bertz CT molecular complexity index is 423. The molecule has 1 rings (SSSR count). The summed E-state index contributed by atoms with van der Waals surface area (Å²) in [5.74, 6) is 0.407. The van der Waals surface area contributed by atoms with E-state index in [0.717, 1.165) is 15.6 Å². The molecule has 0 heterocycles. The van der Waals surface area contributed by atoms with Gasteiger partial charge >= 0.3 is 0 Å². The molecule has 0 saturated carbocycles. The van der Waals surface area contributed by atoms with E-state index in [2.05, 4.69) is 32.8 Å². The fraction of sp³-hybridized carbons (Fsp3) is 0.250. The molecule has 3 N–H and O–H groups in total. The topological polar surface area (TPSA) is 50.4 Å². The first-order valence-electron chi connectivity index (χ1n) is 5.10. The Kier molecular flexibility index (Phi) is 5.51. The van der Waals surface area contributed by atoms with Crippen LogP contribution in [0.2, 0.25) is 5.02 Å². The SMILES string of the molecule is C=C(C)CNC(N)=NCc1cc(Cl)cc(Br)c1. The number of benzene rings is 1. The minimum atomic E-state index is 0.407. The Balaban J connectivity index is 2.59. The van der Waals surface area contributed by atoms with E-state index in [1.165, 1.54) is 0 Å². The molecular formula is C12H15BrClN3. The molecule has 0 fully saturated rings. The van der Waals surface area contributed by atoms with E-state index in [9.17, 15) is 0 Å². The van der Waals surface area contributed by atoms with Crippen LogP contribution in [-0.2, 0) is 6.54 Å². The molecule has 0 bridgehead atoms. The van der Waals surface area contributed by atoms with Crippen molar-refractivity contribution in [3.05, 3.63) is 45.4 Å². The van der Waals surface area contributed by atoms with E-state index >= 15 is 0 Å². The number of halogens is 2. The zero-order valence-electron chi connectivity index (χ0n) is 9.63. The molecule has 0 atom stereocenters. The molecule has 0 radical (unpaired) electrons. The van der Waals surface area contributed by atoms with E-state index in [1.807, 2.05) is 25.1 Å². The number of nitrogens with one attached hydrogen (secondary N) is 1. The number of guanidine groups is 1. The third kappa shape index (κ3) is 5.75. The molecule has 0 aromatic heterocycles. The van der Waals surface area contributed by atoms with Crippen molar-refractivity contribution >= 4 is 33.5 Å². The highest BCUT2D eigenvalue weighted by Gasteiger charge is 1.98. The summed E-state index contributed by atoms with van der Waals surface area (Å²) >= 11 is 9.31. The van der Waals surface area contributed by atoms with E-state index in [0.29, 0.717) is 24.1 Å². The summed E-state index contributed by atoms with van der Waals surface area (Å²) in [7, 11) is 0. The van der Waals surface area contributed by atoms with Gasteiger partial charge in [-0.3, -0.25) is 0 Å². The van der Waals surface area contributed by atoms with E-state index in [4.69, 9.17) is 17.3 Å². The summed E-state index contributed by atoms with van der Waals surface area (Å²) in [5, 5.41) is 3.64. The molecule has 0 spiro atoms. The molecule has 0 saturated heterocycles. The fourth-order valence-electron chi connectivity index (χ4n) is 1.18. The fourth-order valence-corrected chi connectivity index (χ4v) is 2.11. The number of hydrogen-bond acceptors (Lipinski definition) is 1. The molecule has 0 unspecified atom stereocenters. The van der Waals surface area contributed by atoms with Gasteiger partial charge in [0.1, 0.15) is 0 Å². The van der Waals surface area contributed by atoms with Gasteiger partial charge in [0.15, 0.2) is 5.96 Å². The molecule has 1 aromatic carbocycles. The molecule has 17 heavy (non-hydrogen) atoms. The van der Waals surface area contributed by atoms with Crippen molar-refractivity contribution in [3.63, 3.8) is 0 Å². The maximum atomic E-state index is 5.93. The van der Waals surface area contributed by atoms with E-state index in [-0.39, 0.29) is 0 Å². The van der Waals surface area contributed by atoms with Crippen LogP contribution in [0.5, 0.6) is 0 Å². The van der Waals surface area contributed by atoms with Gasteiger partial charge in [0.25, 0.3) is 0 Å². The molecule has 5 heteroatoms. The van der Waals surface area contributed by atoms with Gasteiger partial charge < -0.3 is 11.1 Å². The smallest absolute Gasteiger partial charge is 0.189 e. The first-order valence-corrected chi connectivity index (χ1v) is 6.27. The quantitative estimate of drug-likeness (QED) is 0.509. The van der Waals surface area contributed by atoms with Crippen molar-refractivity contribution in [2.24, 2.45) is 10.7 Å². The summed E-state index contributed by atoms with van der Waals surface area (Å²) < 4.78 is 0.934. The molecule has 3 nitrogen and oxygen atoms in total. The van der Waals surface area contributed by atoms with Crippen LogP contribution in [-0.4, -0.2) is 12.5 Å². The molecular weight excluding hydrogens is 302 g/mol. The average molecular weight is 317 g/mol. The Morgan fingerprint density at radius 1 is 1.53 bits per heavy atom. The summed E-state index contributed by atoms with van der Waals surface area (Å²) in [6.45, 7) is 6.82. The van der Waals surface area contributed by atoms with Crippen LogP contribution in [0.15, 0.2) is 39.8 Å². The highest BCUT2D eigenvalue weighted by molar-refractivity contribution is 9.10. The molecule has 0 aliphatic heterocycles. The summed E-state index contributed by atoms with van der Waals surface area (Å²) in [6, 6.07) is 5.65. The Hall–Kier alpha value is -1.000. The molecule has 0 amide bonds. The van der Waals surface area contributed by atoms with Crippen LogP contribution < -0.4 is 11.1 Å². The van der Waals surface area contributed by atoms with Gasteiger partial charge in [0, 0.05) is 16.0 Å². The molecule has 1 aromatic rings. The zero-order chi connectivity index (χ0) is 12.8. The van der Waals surface area contributed by atoms with Gasteiger partial charge in [-0.15, -0.1) is 0 Å². The van der Waals surface area contributed by atoms with Gasteiger partial charge in [-0.2, -0.15) is 0 Å². The molecule has 0 aliphatic carbocycles. The second-order valence-electron chi connectivity index (χ2n) is 3.79. The highest BCUT2D eigenvalue weighted by atomic mass is 79.9. The van der Waals surface area contributed by atoms with Gasteiger partial charge in [-0.05, 0) is 30.7 Å². The summed E-state index contributed by atoms with van der Waals surface area (Å²) in [5.41, 5.74) is 7.71. The largest absolute Gasteiger partial charge is 0.370 e. The van der Waals surface area contributed by atoms with Crippen molar-refractivity contribution < 1.29 is 0 Å². The Morgan fingerprint density at radius 2 is 2.24 bits per heavy atom. The van der Waals surface area contributed by atoms with Crippen molar-refractivity contribution in [2.45, 2.75) is 13.5 Å². The van der Waals surface area contributed by atoms with Gasteiger partial charge in [-0.1, -0.05) is 39.7 Å². The highest BCUT2D eigenvalue weighted by Crippen LogP contribution is 2.19. The van der Waals surface area contributed by atoms with Crippen molar-refractivity contribution in [1.29, 1.82) is 0 Å². The summed E-state index contributed by atoms with van der Waals surface area (Å²) in [4.78, 5) is 4.21. The van der Waals surface area contributed by atoms with Crippen LogP contribution in [0.4, 0.5) is 0 Å². The lowest BCUT2D eigenvalue weighted by atomic mass is 10.2. The first-order chi connectivity index (χ1) is 7.97. The Labute approximate surface area is 115 Å². The standard InChI is InChI=1S/C12H15BrClN3/c1-8(2)6-16-12(15)17-7-9-3-10(13)5-11(14)4-9/h3-5H,1,6-7H2,2H3,(H3,15,16,17). The minimum absolute atomic E-state index is 0.407. The lowest BCUT2D eigenvalue weighted by molar-refractivity contribution is 0.940. The van der Waals surface area contributed by atoms with E-state index in [1.54, 1.807) is 0 Å². The average Bonchev–Trinajstić information content (AvgIpc) is 2.22. The van der Waals surface area contributed by atoms with Gasteiger partial charge in [0.05, 0.1) is 6.54 Å². The van der Waals surface area contributed by atoms with Crippen molar-refractivity contribution in [2.75, 3.05) is 6.54 Å². The monoisotopic (exact) mass is 315 g/mol. The number of rotatable bonds is 4. The third-order valence-electron chi connectivity index (χ3n) is 1.93. The zero-order valence-corrected chi connectivity index (χ0v) is 12.0. The number of nitrogens with two attached hydrogens (primary N) is 1.